The lowest BCUT2D eigenvalue weighted by atomic mass is 10.2. The lowest BCUT2D eigenvalue weighted by Crippen LogP contribution is -2.06. The van der Waals surface area contributed by atoms with Gasteiger partial charge >= 0.3 is 0 Å². The van der Waals surface area contributed by atoms with Gasteiger partial charge in [0.25, 0.3) is 0 Å². The third kappa shape index (κ3) is 3.44. The molecule has 2 aromatic rings. The predicted molar refractivity (Wildman–Crippen MR) is 83.2 cm³/mol. The van der Waals surface area contributed by atoms with Gasteiger partial charge in [-0.2, -0.15) is 0 Å². The third-order valence-corrected chi connectivity index (χ3v) is 4.20. The molecule has 1 aromatic carbocycles. The van der Waals surface area contributed by atoms with Gasteiger partial charge in [0.15, 0.2) is 0 Å². The first kappa shape index (κ1) is 15.1. The molecule has 2 rings (SSSR count). The second kappa shape index (κ2) is 6.95. The molecule has 0 saturated carbocycles. The molecule has 1 heterocycles. The first-order valence-corrected chi connectivity index (χ1v) is 7.82. The molecule has 20 heavy (non-hydrogen) atoms. The first-order chi connectivity index (χ1) is 9.63. The maximum Gasteiger partial charge on any atom is 0.125 e. The summed E-state index contributed by atoms with van der Waals surface area (Å²) < 4.78 is 7.74. The van der Waals surface area contributed by atoms with Crippen molar-refractivity contribution in [2.75, 3.05) is 6.61 Å². The number of imidazole rings is 1. The van der Waals surface area contributed by atoms with E-state index in [1.165, 1.54) is 9.92 Å². The van der Waals surface area contributed by atoms with Crippen molar-refractivity contribution in [3.8, 4) is 0 Å². The van der Waals surface area contributed by atoms with Gasteiger partial charge in [-0.3, -0.25) is 4.57 Å². The summed E-state index contributed by atoms with van der Waals surface area (Å²) in [5.74, 6) is 1.42. The van der Waals surface area contributed by atoms with Crippen LogP contribution in [0.15, 0.2) is 40.3 Å². The number of benzene rings is 1. The van der Waals surface area contributed by atoms with Gasteiger partial charge in [0.05, 0.1) is 5.69 Å². The highest BCUT2D eigenvalue weighted by Crippen LogP contribution is 2.34. The highest BCUT2D eigenvalue weighted by atomic mass is 32.2. The molecule has 0 saturated heterocycles. The van der Waals surface area contributed by atoms with E-state index >= 15 is 0 Å². The summed E-state index contributed by atoms with van der Waals surface area (Å²) in [5, 5.41) is 1.19. The van der Waals surface area contributed by atoms with Crippen molar-refractivity contribution in [1.29, 1.82) is 0 Å². The van der Waals surface area contributed by atoms with Crippen molar-refractivity contribution in [2.24, 2.45) is 0 Å². The monoisotopic (exact) mass is 290 g/mol. The highest BCUT2D eigenvalue weighted by Gasteiger charge is 2.18. The van der Waals surface area contributed by atoms with E-state index in [9.17, 15) is 0 Å². The second-order valence-corrected chi connectivity index (χ2v) is 6.03. The normalized spacial score (nSPS) is 11.2. The van der Waals surface area contributed by atoms with Crippen LogP contribution in [0.5, 0.6) is 0 Å². The van der Waals surface area contributed by atoms with E-state index in [-0.39, 0.29) is 0 Å². The Hall–Kier alpha value is -1.26. The molecule has 0 radical (unpaired) electrons. The van der Waals surface area contributed by atoms with Crippen molar-refractivity contribution in [1.82, 2.24) is 9.55 Å². The maximum absolute atomic E-state index is 5.58. The van der Waals surface area contributed by atoms with E-state index in [0.717, 1.165) is 11.5 Å². The summed E-state index contributed by atoms with van der Waals surface area (Å²) in [6.07, 6.45) is 0. The van der Waals surface area contributed by atoms with Crippen molar-refractivity contribution >= 4 is 11.8 Å². The highest BCUT2D eigenvalue weighted by molar-refractivity contribution is 7.99. The Morgan fingerprint density at radius 3 is 2.55 bits per heavy atom. The lowest BCUT2D eigenvalue weighted by molar-refractivity contribution is 0.0809. The molecular weight excluding hydrogens is 268 g/mol. The van der Waals surface area contributed by atoms with Crippen molar-refractivity contribution in [3.05, 3.63) is 41.9 Å². The SMILES string of the molecule is CCOCn1c(C)nc(C(C)C)c1Sc1ccccc1. The molecule has 0 aliphatic heterocycles. The largest absolute Gasteiger partial charge is 0.361 e. The van der Waals surface area contributed by atoms with Crippen LogP contribution >= 0.6 is 11.8 Å². The average Bonchev–Trinajstić information content (AvgIpc) is 2.74. The van der Waals surface area contributed by atoms with E-state index in [1.807, 2.05) is 19.9 Å². The Morgan fingerprint density at radius 2 is 1.95 bits per heavy atom. The van der Waals surface area contributed by atoms with Crippen LogP contribution in [-0.4, -0.2) is 16.2 Å². The van der Waals surface area contributed by atoms with Crippen LogP contribution < -0.4 is 0 Å². The fourth-order valence-corrected chi connectivity index (χ4v) is 3.18. The fraction of sp³-hybridized carbons (Fsp3) is 0.438. The Kier molecular flexibility index (Phi) is 5.26. The summed E-state index contributed by atoms with van der Waals surface area (Å²) in [7, 11) is 0. The topological polar surface area (TPSA) is 27.1 Å². The predicted octanol–water partition coefficient (Wildman–Crippen LogP) is 4.46. The number of aromatic nitrogens is 2. The van der Waals surface area contributed by atoms with Gasteiger partial charge in [0.2, 0.25) is 0 Å². The van der Waals surface area contributed by atoms with Gasteiger partial charge in [0, 0.05) is 11.5 Å². The molecule has 0 aliphatic rings. The van der Waals surface area contributed by atoms with Gasteiger partial charge in [0.1, 0.15) is 17.6 Å². The molecule has 4 heteroatoms. The Morgan fingerprint density at radius 1 is 1.25 bits per heavy atom. The van der Waals surface area contributed by atoms with Crippen molar-refractivity contribution in [2.45, 2.75) is 50.3 Å². The molecule has 108 valence electrons. The van der Waals surface area contributed by atoms with E-state index in [2.05, 4.69) is 42.7 Å². The second-order valence-electron chi connectivity index (χ2n) is 4.97. The molecule has 0 N–H and O–H groups in total. The zero-order chi connectivity index (χ0) is 14.5. The minimum absolute atomic E-state index is 0.405. The van der Waals surface area contributed by atoms with E-state index < -0.39 is 0 Å². The molecule has 0 aliphatic carbocycles. The van der Waals surface area contributed by atoms with Crippen molar-refractivity contribution in [3.63, 3.8) is 0 Å². The van der Waals surface area contributed by atoms with E-state index in [4.69, 9.17) is 9.72 Å². The summed E-state index contributed by atoms with van der Waals surface area (Å²) in [6.45, 7) is 9.70. The number of aryl methyl sites for hydroxylation is 1. The quantitative estimate of drug-likeness (QED) is 0.786. The minimum Gasteiger partial charge on any atom is -0.361 e. The number of nitrogens with zero attached hydrogens (tertiary/aromatic N) is 2. The van der Waals surface area contributed by atoms with Gasteiger partial charge < -0.3 is 4.74 Å². The number of hydrogen-bond acceptors (Lipinski definition) is 3. The Labute approximate surface area is 125 Å². The summed E-state index contributed by atoms with van der Waals surface area (Å²) in [6, 6.07) is 10.4. The van der Waals surface area contributed by atoms with Crippen LogP contribution in [0.2, 0.25) is 0 Å². The minimum atomic E-state index is 0.405. The van der Waals surface area contributed by atoms with Gasteiger partial charge in [-0.1, -0.05) is 43.8 Å². The molecule has 0 fully saturated rings. The number of ether oxygens (including phenoxy) is 1. The van der Waals surface area contributed by atoms with Crippen LogP contribution in [0.1, 0.15) is 38.2 Å². The Bertz CT molecular complexity index is 549. The molecule has 0 bridgehead atoms. The zero-order valence-corrected chi connectivity index (χ0v) is 13.4. The summed E-state index contributed by atoms with van der Waals surface area (Å²) >= 11 is 1.76. The zero-order valence-electron chi connectivity index (χ0n) is 12.6. The molecular formula is C16H22N2OS. The van der Waals surface area contributed by atoms with Gasteiger partial charge in [-0.25, -0.2) is 4.98 Å². The number of rotatable bonds is 6. The summed E-state index contributed by atoms with van der Waals surface area (Å²) in [5.41, 5.74) is 1.15. The van der Waals surface area contributed by atoms with E-state index in [1.54, 1.807) is 11.8 Å². The molecule has 3 nitrogen and oxygen atoms in total. The van der Waals surface area contributed by atoms with Gasteiger partial charge in [-0.15, -0.1) is 0 Å². The number of hydrogen-bond donors (Lipinski definition) is 0. The summed E-state index contributed by atoms with van der Waals surface area (Å²) in [4.78, 5) is 5.95. The molecule has 1 aromatic heterocycles. The van der Waals surface area contributed by atoms with Crippen LogP contribution in [0, 0.1) is 6.92 Å². The van der Waals surface area contributed by atoms with Gasteiger partial charge in [-0.05, 0) is 31.9 Å². The standard InChI is InChI=1S/C16H22N2OS/c1-5-19-11-18-13(4)17-15(12(2)3)16(18)20-14-9-7-6-8-10-14/h6-10,12H,5,11H2,1-4H3. The fourth-order valence-electron chi connectivity index (χ4n) is 1.99. The van der Waals surface area contributed by atoms with E-state index in [0.29, 0.717) is 19.3 Å². The first-order valence-electron chi connectivity index (χ1n) is 7.01. The van der Waals surface area contributed by atoms with Crippen molar-refractivity contribution < 1.29 is 4.74 Å². The van der Waals surface area contributed by atoms with Crippen LogP contribution in [0.3, 0.4) is 0 Å². The Balaban J connectivity index is 2.36. The average molecular weight is 290 g/mol. The lowest BCUT2D eigenvalue weighted by Gasteiger charge is -2.12. The molecule has 0 unspecified atom stereocenters. The molecule has 0 amide bonds. The molecule has 0 atom stereocenters. The van der Waals surface area contributed by atoms with Crippen LogP contribution in [0.25, 0.3) is 0 Å². The third-order valence-electron chi connectivity index (χ3n) is 3.07. The smallest absolute Gasteiger partial charge is 0.125 e. The molecule has 0 spiro atoms. The maximum atomic E-state index is 5.58. The van der Waals surface area contributed by atoms with Crippen LogP contribution in [0.4, 0.5) is 0 Å². The van der Waals surface area contributed by atoms with Crippen LogP contribution in [-0.2, 0) is 11.5 Å².